The van der Waals surface area contributed by atoms with Gasteiger partial charge in [0.2, 0.25) is 5.91 Å². The normalized spacial score (nSPS) is 15.9. The first kappa shape index (κ1) is 15.4. The van der Waals surface area contributed by atoms with Gasteiger partial charge in [0.15, 0.2) is 6.61 Å². The molecule has 0 saturated heterocycles. The Hall–Kier alpha value is -2.04. The average molecular weight is 291 g/mol. The van der Waals surface area contributed by atoms with Gasteiger partial charge in [-0.15, -0.1) is 0 Å². The van der Waals surface area contributed by atoms with Crippen LogP contribution in [0.5, 0.6) is 5.75 Å². The van der Waals surface area contributed by atoms with Crippen LogP contribution in [0, 0.1) is 5.41 Å². The maximum atomic E-state index is 12.3. The molecule has 1 aliphatic carbocycles. The monoisotopic (exact) mass is 291 g/mol. The van der Waals surface area contributed by atoms with Crippen molar-refractivity contribution in [3.63, 3.8) is 0 Å². The molecule has 114 valence electrons. The maximum absolute atomic E-state index is 12.3. The number of benzene rings is 1. The lowest BCUT2D eigenvalue weighted by Crippen LogP contribution is -2.44. The van der Waals surface area contributed by atoms with Crippen LogP contribution < -0.4 is 4.74 Å². The van der Waals surface area contributed by atoms with Gasteiger partial charge in [0.25, 0.3) is 0 Å². The van der Waals surface area contributed by atoms with Crippen molar-refractivity contribution >= 4 is 11.9 Å². The topological polar surface area (TPSA) is 66.8 Å². The van der Waals surface area contributed by atoms with Crippen LogP contribution in [0.25, 0.3) is 0 Å². The summed E-state index contributed by atoms with van der Waals surface area (Å²) >= 11 is 0. The van der Waals surface area contributed by atoms with Gasteiger partial charge in [-0.05, 0) is 30.5 Å². The first-order valence-corrected chi connectivity index (χ1v) is 7.10. The van der Waals surface area contributed by atoms with Crippen molar-refractivity contribution in [1.82, 2.24) is 4.90 Å². The minimum Gasteiger partial charge on any atom is -0.482 e. The number of carbonyl (C=O) groups is 2. The van der Waals surface area contributed by atoms with Crippen LogP contribution in [-0.2, 0) is 16.1 Å². The lowest BCUT2D eigenvalue weighted by Gasteiger charge is -2.39. The molecule has 1 aromatic rings. The number of carboxylic acids is 1. The van der Waals surface area contributed by atoms with Crippen LogP contribution >= 0.6 is 0 Å². The lowest BCUT2D eigenvalue weighted by atomic mass is 9.69. The van der Waals surface area contributed by atoms with Gasteiger partial charge in [-0.2, -0.15) is 0 Å². The van der Waals surface area contributed by atoms with Crippen molar-refractivity contribution in [3.8, 4) is 5.75 Å². The molecule has 0 atom stereocenters. The second-order valence-electron chi connectivity index (χ2n) is 5.90. The number of ether oxygens (including phenoxy) is 1. The third-order valence-corrected chi connectivity index (χ3v) is 4.03. The van der Waals surface area contributed by atoms with Gasteiger partial charge in [-0.3, -0.25) is 4.79 Å². The van der Waals surface area contributed by atoms with E-state index in [9.17, 15) is 9.59 Å². The van der Waals surface area contributed by atoms with Crippen molar-refractivity contribution in [2.75, 3.05) is 13.7 Å². The van der Waals surface area contributed by atoms with Crippen molar-refractivity contribution in [3.05, 3.63) is 29.8 Å². The van der Waals surface area contributed by atoms with Crippen LogP contribution in [0.15, 0.2) is 24.3 Å². The third-order valence-electron chi connectivity index (χ3n) is 4.03. The van der Waals surface area contributed by atoms with Gasteiger partial charge in [-0.25, -0.2) is 4.79 Å². The molecular formula is C16H21NO4. The van der Waals surface area contributed by atoms with Crippen molar-refractivity contribution in [2.24, 2.45) is 5.41 Å². The number of carboxylic acid groups (broad SMARTS) is 1. The van der Waals surface area contributed by atoms with E-state index in [4.69, 9.17) is 9.84 Å². The smallest absolute Gasteiger partial charge is 0.341 e. The van der Waals surface area contributed by atoms with E-state index in [0.717, 1.165) is 24.8 Å². The summed E-state index contributed by atoms with van der Waals surface area (Å²) in [4.78, 5) is 24.5. The molecule has 21 heavy (non-hydrogen) atoms. The van der Waals surface area contributed by atoms with Crippen LogP contribution in [0.4, 0.5) is 0 Å². The molecule has 5 heteroatoms. The second-order valence-corrected chi connectivity index (χ2v) is 5.90. The first-order valence-electron chi connectivity index (χ1n) is 7.10. The molecule has 2 rings (SSSR count). The molecule has 1 aliphatic rings. The quantitative estimate of drug-likeness (QED) is 0.873. The highest BCUT2D eigenvalue weighted by molar-refractivity contribution is 5.83. The Labute approximate surface area is 124 Å². The van der Waals surface area contributed by atoms with Gasteiger partial charge >= 0.3 is 5.97 Å². The fourth-order valence-corrected chi connectivity index (χ4v) is 2.56. The zero-order chi connectivity index (χ0) is 15.5. The second kappa shape index (κ2) is 6.16. The average Bonchev–Trinajstić information content (AvgIpc) is 2.43. The summed E-state index contributed by atoms with van der Waals surface area (Å²) in [6, 6.07) is 7.15. The van der Waals surface area contributed by atoms with Crippen molar-refractivity contribution < 1.29 is 19.4 Å². The Balaban J connectivity index is 1.90. The Morgan fingerprint density at radius 2 is 1.90 bits per heavy atom. The summed E-state index contributed by atoms with van der Waals surface area (Å²) < 4.78 is 5.08. The van der Waals surface area contributed by atoms with E-state index in [1.165, 1.54) is 0 Å². The molecule has 1 N–H and O–H groups in total. The molecule has 5 nitrogen and oxygen atoms in total. The SMILES string of the molecule is CN(Cc1ccc(OCC(=O)O)cc1)C(=O)C1(C)CCC1. The van der Waals surface area contributed by atoms with Gasteiger partial charge in [-0.1, -0.05) is 25.5 Å². The molecule has 0 spiro atoms. The van der Waals surface area contributed by atoms with E-state index in [1.807, 2.05) is 26.1 Å². The molecule has 1 amide bonds. The number of amides is 1. The van der Waals surface area contributed by atoms with E-state index in [0.29, 0.717) is 12.3 Å². The molecule has 1 fully saturated rings. The number of aliphatic carboxylic acids is 1. The highest BCUT2D eigenvalue weighted by Gasteiger charge is 2.40. The zero-order valence-corrected chi connectivity index (χ0v) is 12.5. The van der Waals surface area contributed by atoms with Crippen molar-refractivity contribution in [1.29, 1.82) is 0 Å². The summed E-state index contributed by atoms with van der Waals surface area (Å²) in [6.07, 6.45) is 3.07. The molecule has 0 aliphatic heterocycles. The van der Waals surface area contributed by atoms with E-state index < -0.39 is 5.97 Å². The van der Waals surface area contributed by atoms with Crippen LogP contribution in [0.2, 0.25) is 0 Å². The standard InChI is InChI=1S/C16H21NO4/c1-16(8-3-9-16)15(20)17(2)10-12-4-6-13(7-5-12)21-11-14(18)19/h4-7H,3,8-11H2,1-2H3,(H,18,19). The Morgan fingerprint density at radius 1 is 1.29 bits per heavy atom. The minimum absolute atomic E-state index is 0.181. The van der Waals surface area contributed by atoms with Crippen LogP contribution in [-0.4, -0.2) is 35.5 Å². The highest BCUT2D eigenvalue weighted by atomic mass is 16.5. The first-order chi connectivity index (χ1) is 9.90. The number of hydrogen-bond donors (Lipinski definition) is 1. The molecule has 0 bridgehead atoms. The van der Waals surface area contributed by atoms with Gasteiger partial charge in [0.1, 0.15) is 5.75 Å². The fraction of sp³-hybridized carbons (Fsp3) is 0.500. The maximum Gasteiger partial charge on any atom is 0.341 e. The molecule has 0 radical (unpaired) electrons. The summed E-state index contributed by atoms with van der Waals surface area (Å²) in [5.74, 6) is -0.292. The molecule has 1 aromatic carbocycles. The number of hydrogen-bond acceptors (Lipinski definition) is 3. The van der Waals surface area contributed by atoms with E-state index in [2.05, 4.69) is 0 Å². The van der Waals surface area contributed by atoms with Gasteiger partial charge in [0, 0.05) is 19.0 Å². The van der Waals surface area contributed by atoms with Gasteiger partial charge < -0.3 is 14.7 Å². The molecule has 1 saturated carbocycles. The predicted molar refractivity (Wildman–Crippen MR) is 78.0 cm³/mol. The summed E-state index contributed by atoms with van der Waals surface area (Å²) in [5, 5.41) is 8.55. The lowest BCUT2D eigenvalue weighted by molar-refractivity contribution is -0.145. The van der Waals surface area contributed by atoms with Crippen molar-refractivity contribution in [2.45, 2.75) is 32.7 Å². The largest absolute Gasteiger partial charge is 0.482 e. The number of rotatable bonds is 6. The third kappa shape index (κ3) is 3.74. The summed E-state index contributed by atoms with van der Waals surface area (Å²) in [5.41, 5.74) is 0.815. The van der Waals surface area contributed by atoms with Crippen LogP contribution in [0.3, 0.4) is 0 Å². The number of nitrogens with zero attached hydrogens (tertiary/aromatic N) is 1. The minimum atomic E-state index is -1.00. The number of carbonyl (C=O) groups excluding carboxylic acids is 1. The molecule has 0 aromatic heterocycles. The van der Waals surface area contributed by atoms with Gasteiger partial charge in [0.05, 0.1) is 0 Å². The molecule has 0 heterocycles. The molecule has 0 unspecified atom stereocenters. The fourth-order valence-electron chi connectivity index (χ4n) is 2.56. The Kier molecular flexibility index (Phi) is 4.50. The van der Waals surface area contributed by atoms with E-state index in [-0.39, 0.29) is 17.9 Å². The Bertz CT molecular complexity index is 520. The zero-order valence-electron chi connectivity index (χ0n) is 12.5. The Morgan fingerprint density at radius 3 is 2.38 bits per heavy atom. The summed E-state index contributed by atoms with van der Waals surface area (Å²) in [6.45, 7) is 2.22. The summed E-state index contributed by atoms with van der Waals surface area (Å²) in [7, 11) is 1.82. The predicted octanol–water partition coefficient (Wildman–Crippen LogP) is 2.30. The van der Waals surface area contributed by atoms with E-state index in [1.54, 1.807) is 17.0 Å². The van der Waals surface area contributed by atoms with E-state index >= 15 is 0 Å². The van der Waals surface area contributed by atoms with Crippen LogP contribution in [0.1, 0.15) is 31.7 Å². The molecular weight excluding hydrogens is 270 g/mol. The highest BCUT2D eigenvalue weighted by Crippen LogP contribution is 2.41.